The summed E-state index contributed by atoms with van der Waals surface area (Å²) in [6, 6.07) is 7.33. The van der Waals surface area contributed by atoms with Crippen LogP contribution in [0.25, 0.3) is 11.0 Å². The molecule has 0 saturated carbocycles. The van der Waals surface area contributed by atoms with Gasteiger partial charge in [0, 0.05) is 42.2 Å². The molecule has 2 fully saturated rings. The highest BCUT2D eigenvalue weighted by Crippen LogP contribution is 2.36. The van der Waals surface area contributed by atoms with Crippen LogP contribution in [0.15, 0.2) is 43.1 Å². The zero-order chi connectivity index (χ0) is 26.4. The zero-order valence-electron chi connectivity index (χ0n) is 21.2. The molecule has 5 rings (SSSR count). The second kappa shape index (κ2) is 12.3. The van der Waals surface area contributed by atoms with Gasteiger partial charge < -0.3 is 18.9 Å². The number of nitrogens with zero attached hydrogens (tertiary/aromatic N) is 4. The first-order chi connectivity index (χ1) is 17.9. The number of amides is 1. The van der Waals surface area contributed by atoms with E-state index in [0.29, 0.717) is 47.3 Å². The van der Waals surface area contributed by atoms with Crippen molar-refractivity contribution in [2.45, 2.75) is 38.3 Å². The molecule has 2 aliphatic heterocycles. The lowest BCUT2D eigenvalue weighted by molar-refractivity contribution is -0.104. The van der Waals surface area contributed by atoms with Gasteiger partial charge >= 0.3 is 0 Å². The van der Waals surface area contributed by atoms with Crippen LogP contribution < -0.4 is 10.1 Å². The SMILES string of the molecule is C=CC=O.Cc1cc(C(=O)Nc2nc3cc(OC4COC4)cc(Cl)c3n2C2CCCCN(C)C2)ccn1. The Bertz CT molecular complexity index is 1270. The van der Waals surface area contributed by atoms with Crippen LogP contribution in [0.4, 0.5) is 5.95 Å². The molecule has 2 aliphatic rings. The summed E-state index contributed by atoms with van der Waals surface area (Å²) in [5.41, 5.74) is 2.84. The number of carbonyl (C=O) groups is 2. The van der Waals surface area contributed by atoms with Gasteiger partial charge in [-0.3, -0.25) is 19.9 Å². The number of likely N-dealkylation sites (N-methyl/N-ethyl adjacent to an activating group) is 1. The Kier molecular flexibility index (Phi) is 8.91. The number of hydrogen-bond acceptors (Lipinski definition) is 7. The van der Waals surface area contributed by atoms with Crippen molar-refractivity contribution in [2.75, 3.05) is 38.7 Å². The third-order valence-electron chi connectivity index (χ3n) is 6.32. The van der Waals surface area contributed by atoms with Crippen molar-refractivity contribution in [2.24, 2.45) is 0 Å². The zero-order valence-corrected chi connectivity index (χ0v) is 21.9. The predicted molar refractivity (Wildman–Crippen MR) is 144 cm³/mol. The number of rotatable bonds is 6. The molecule has 196 valence electrons. The number of anilines is 1. The summed E-state index contributed by atoms with van der Waals surface area (Å²) in [6.07, 6.45) is 6.74. The number of fused-ring (bicyclic) bond motifs is 1. The van der Waals surface area contributed by atoms with Gasteiger partial charge in [-0.05, 0) is 51.6 Å². The van der Waals surface area contributed by atoms with Crippen LogP contribution in [0.3, 0.4) is 0 Å². The number of aryl methyl sites for hydroxylation is 1. The van der Waals surface area contributed by atoms with Gasteiger partial charge in [0.25, 0.3) is 5.91 Å². The standard InChI is InChI=1S/C24H28ClN5O3.C3H4O/c1-15-9-16(6-7-26-15)23(31)28-24-27-21-11-18(33-19-13-32-14-19)10-20(25)22(21)30(24)17-5-3-4-8-29(2)12-17;1-2-3-4/h6-7,9-11,17,19H,3-5,8,12-14H2,1-2H3,(H,27,28,31);2-3H,1H2. The van der Waals surface area contributed by atoms with Crippen LogP contribution >= 0.6 is 11.6 Å². The van der Waals surface area contributed by atoms with Crippen molar-refractivity contribution in [1.82, 2.24) is 19.4 Å². The first-order valence-corrected chi connectivity index (χ1v) is 12.7. The van der Waals surface area contributed by atoms with Crippen molar-refractivity contribution >= 4 is 40.8 Å². The lowest BCUT2D eigenvalue weighted by Crippen LogP contribution is -2.38. The summed E-state index contributed by atoms with van der Waals surface area (Å²) in [7, 11) is 2.13. The molecule has 0 aliphatic carbocycles. The Morgan fingerprint density at radius 2 is 2.08 bits per heavy atom. The van der Waals surface area contributed by atoms with Crippen LogP contribution in [-0.4, -0.2) is 71.1 Å². The monoisotopic (exact) mass is 525 g/mol. The third kappa shape index (κ3) is 6.54. The molecule has 0 radical (unpaired) electrons. The van der Waals surface area contributed by atoms with Crippen LogP contribution in [0, 0.1) is 6.92 Å². The van der Waals surface area contributed by atoms with Gasteiger partial charge in [-0.2, -0.15) is 0 Å². The molecule has 2 aromatic heterocycles. The quantitative estimate of drug-likeness (QED) is 0.375. The maximum atomic E-state index is 13.1. The molecule has 1 amide bonds. The van der Waals surface area contributed by atoms with Crippen molar-refractivity contribution in [3.05, 3.63) is 59.4 Å². The second-order valence-corrected chi connectivity index (χ2v) is 9.69. The molecule has 1 N–H and O–H groups in total. The van der Waals surface area contributed by atoms with Crippen LogP contribution in [0.2, 0.25) is 5.02 Å². The van der Waals surface area contributed by atoms with Gasteiger partial charge in [-0.25, -0.2) is 4.98 Å². The maximum absolute atomic E-state index is 13.1. The number of imidazole rings is 1. The van der Waals surface area contributed by atoms with E-state index >= 15 is 0 Å². The van der Waals surface area contributed by atoms with Crippen molar-refractivity contribution in [3.63, 3.8) is 0 Å². The van der Waals surface area contributed by atoms with E-state index in [4.69, 9.17) is 30.9 Å². The average molecular weight is 526 g/mol. The van der Waals surface area contributed by atoms with E-state index in [1.807, 2.05) is 19.1 Å². The number of carbonyl (C=O) groups excluding carboxylic acids is 2. The molecule has 0 spiro atoms. The van der Waals surface area contributed by atoms with E-state index in [1.165, 1.54) is 6.08 Å². The minimum Gasteiger partial charge on any atom is -0.485 e. The molecule has 4 heterocycles. The number of likely N-dealkylation sites (tertiary alicyclic amines) is 1. The van der Waals surface area contributed by atoms with E-state index in [1.54, 1.807) is 18.3 Å². The van der Waals surface area contributed by atoms with Gasteiger partial charge in [0.05, 0.1) is 29.3 Å². The maximum Gasteiger partial charge on any atom is 0.258 e. The summed E-state index contributed by atoms with van der Waals surface area (Å²) >= 11 is 6.79. The van der Waals surface area contributed by atoms with E-state index in [0.717, 1.165) is 43.6 Å². The van der Waals surface area contributed by atoms with E-state index in [9.17, 15) is 4.79 Å². The molecule has 1 unspecified atom stereocenters. The van der Waals surface area contributed by atoms with Crippen LogP contribution in [-0.2, 0) is 9.53 Å². The lowest BCUT2D eigenvalue weighted by Gasteiger charge is -2.27. The Hall–Kier alpha value is -3.27. The molecule has 0 bridgehead atoms. The van der Waals surface area contributed by atoms with E-state index in [-0.39, 0.29) is 18.1 Å². The van der Waals surface area contributed by atoms with Gasteiger partial charge in [-0.15, -0.1) is 0 Å². The molecule has 10 heteroatoms. The summed E-state index contributed by atoms with van der Waals surface area (Å²) in [5, 5.41) is 3.59. The fourth-order valence-corrected chi connectivity index (χ4v) is 4.81. The predicted octanol–water partition coefficient (Wildman–Crippen LogP) is 4.45. The highest BCUT2D eigenvalue weighted by molar-refractivity contribution is 6.35. The van der Waals surface area contributed by atoms with E-state index in [2.05, 4.69) is 33.4 Å². The summed E-state index contributed by atoms with van der Waals surface area (Å²) < 4.78 is 13.3. The minimum atomic E-state index is -0.224. The number of pyridine rings is 1. The molecular weight excluding hydrogens is 494 g/mol. The number of ether oxygens (including phenoxy) is 2. The molecule has 2 saturated heterocycles. The van der Waals surface area contributed by atoms with Gasteiger partial charge in [-0.1, -0.05) is 24.6 Å². The van der Waals surface area contributed by atoms with E-state index < -0.39 is 0 Å². The number of nitrogens with one attached hydrogen (secondary N) is 1. The molecule has 1 atom stereocenters. The van der Waals surface area contributed by atoms with Gasteiger partial charge in [0.1, 0.15) is 18.1 Å². The Balaban J connectivity index is 0.000000747. The summed E-state index contributed by atoms with van der Waals surface area (Å²) in [6.45, 7) is 8.03. The fraction of sp³-hybridized carbons (Fsp3) is 0.407. The normalized spacial score (nSPS) is 18.2. The number of aldehydes is 1. The smallest absolute Gasteiger partial charge is 0.258 e. The largest absolute Gasteiger partial charge is 0.485 e. The Labute approximate surface area is 221 Å². The number of hydrogen-bond donors (Lipinski definition) is 1. The number of halogens is 1. The molecular formula is C27H32ClN5O4. The van der Waals surface area contributed by atoms with Gasteiger partial charge in [0.2, 0.25) is 5.95 Å². The molecule has 3 aromatic rings. The third-order valence-corrected chi connectivity index (χ3v) is 6.61. The van der Waals surface area contributed by atoms with Crippen LogP contribution in [0.1, 0.15) is 41.4 Å². The van der Waals surface area contributed by atoms with Gasteiger partial charge in [0.15, 0.2) is 0 Å². The first-order valence-electron chi connectivity index (χ1n) is 12.3. The second-order valence-electron chi connectivity index (χ2n) is 9.28. The molecule has 1 aromatic carbocycles. The van der Waals surface area contributed by atoms with Crippen LogP contribution in [0.5, 0.6) is 5.75 Å². The van der Waals surface area contributed by atoms with Crippen molar-refractivity contribution < 1.29 is 19.1 Å². The number of aromatic nitrogens is 3. The fourth-order valence-electron chi connectivity index (χ4n) is 4.52. The topological polar surface area (TPSA) is 98.6 Å². The summed E-state index contributed by atoms with van der Waals surface area (Å²) in [4.78, 5) is 33.4. The average Bonchev–Trinajstić information content (AvgIpc) is 3.07. The first kappa shape index (κ1) is 26.8. The number of benzene rings is 1. The highest BCUT2D eigenvalue weighted by Gasteiger charge is 2.27. The van der Waals surface area contributed by atoms with Crippen molar-refractivity contribution in [3.8, 4) is 5.75 Å². The summed E-state index contributed by atoms with van der Waals surface area (Å²) in [5.74, 6) is 0.931. The lowest BCUT2D eigenvalue weighted by atomic mass is 10.1. The van der Waals surface area contributed by atoms with Crippen molar-refractivity contribution in [1.29, 1.82) is 0 Å². The molecule has 37 heavy (non-hydrogen) atoms. The minimum absolute atomic E-state index is 0.0326. The molecule has 9 nitrogen and oxygen atoms in total. The Morgan fingerprint density at radius 3 is 2.76 bits per heavy atom. The number of allylic oxidation sites excluding steroid dienone is 1. The Morgan fingerprint density at radius 1 is 1.30 bits per heavy atom. The highest BCUT2D eigenvalue weighted by atomic mass is 35.5.